The Morgan fingerprint density at radius 3 is 2.54 bits per heavy atom. The summed E-state index contributed by atoms with van der Waals surface area (Å²) in [4.78, 5) is 24.6. The Hall–Kier alpha value is -2.68. The lowest BCUT2D eigenvalue weighted by Gasteiger charge is -2.28. The van der Waals surface area contributed by atoms with Crippen molar-refractivity contribution in [3.8, 4) is 0 Å². The summed E-state index contributed by atoms with van der Waals surface area (Å²) in [5, 5.41) is 4.67. The number of ketones is 1. The molecule has 1 aliphatic rings. The first-order valence-electron chi connectivity index (χ1n) is 8.16. The van der Waals surface area contributed by atoms with E-state index in [1.165, 1.54) is 17.9 Å². The maximum Gasteiger partial charge on any atom is 0.316 e. The third-order valence-electron chi connectivity index (χ3n) is 5.20. The van der Waals surface area contributed by atoms with Crippen molar-refractivity contribution in [2.75, 3.05) is 7.11 Å². The second-order valence-electron chi connectivity index (χ2n) is 6.42. The summed E-state index contributed by atoms with van der Waals surface area (Å²) in [6.07, 6.45) is 0.418. The molecule has 0 fully saturated rings. The van der Waals surface area contributed by atoms with Crippen LogP contribution in [-0.2, 0) is 20.7 Å². The van der Waals surface area contributed by atoms with Crippen LogP contribution in [-0.4, -0.2) is 18.9 Å². The Kier molecular flexibility index (Phi) is 3.38. The van der Waals surface area contributed by atoms with E-state index in [0.717, 1.165) is 21.9 Å². The molecule has 3 aromatic carbocycles. The highest BCUT2D eigenvalue weighted by atomic mass is 16.5. The van der Waals surface area contributed by atoms with E-state index in [4.69, 9.17) is 4.74 Å². The predicted octanol–water partition coefficient (Wildman–Crippen LogP) is 4.01. The van der Waals surface area contributed by atoms with E-state index in [1.807, 2.05) is 25.1 Å². The third-order valence-corrected chi connectivity index (χ3v) is 5.20. The van der Waals surface area contributed by atoms with Gasteiger partial charge in [0.1, 0.15) is 5.92 Å². The maximum absolute atomic E-state index is 12.5. The van der Waals surface area contributed by atoms with Crippen molar-refractivity contribution in [2.45, 2.75) is 19.3 Å². The second-order valence-corrected chi connectivity index (χ2v) is 6.42. The zero-order chi connectivity index (χ0) is 16.8. The summed E-state index contributed by atoms with van der Waals surface area (Å²) >= 11 is 0. The molecule has 0 amide bonds. The van der Waals surface area contributed by atoms with Gasteiger partial charge in [0.25, 0.3) is 0 Å². The molecule has 1 aliphatic carbocycles. The number of hydrogen-bond acceptors (Lipinski definition) is 3. The predicted molar refractivity (Wildman–Crippen MR) is 94.1 cm³/mol. The van der Waals surface area contributed by atoms with Crippen molar-refractivity contribution in [3.05, 3.63) is 59.7 Å². The van der Waals surface area contributed by atoms with E-state index < -0.39 is 11.9 Å². The molecule has 3 aromatic rings. The van der Waals surface area contributed by atoms with Crippen molar-refractivity contribution >= 4 is 33.3 Å². The Bertz CT molecular complexity index is 987. The molecule has 4 rings (SSSR count). The number of rotatable bonds is 1. The van der Waals surface area contributed by atoms with E-state index in [0.29, 0.717) is 6.42 Å². The van der Waals surface area contributed by atoms with E-state index in [1.54, 1.807) is 0 Å². The number of fused-ring (bicyclic) bond motifs is 5. The Labute approximate surface area is 140 Å². The number of hydrogen-bond donors (Lipinski definition) is 0. The van der Waals surface area contributed by atoms with Crippen LogP contribution in [0.5, 0.6) is 0 Å². The molecule has 0 bridgehead atoms. The SMILES string of the molecule is COC(=O)C1Cc2c(ccc3c2ccc2ccccc23)C(C)C1=O. The van der Waals surface area contributed by atoms with Gasteiger partial charge in [-0.1, -0.05) is 55.5 Å². The molecule has 24 heavy (non-hydrogen) atoms. The summed E-state index contributed by atoms with van der Waals surface area (Å²) in [6, 6.07) is 16.6. The lowest BCUT2D eigenvalue weighted by Crippen LogP contribution is -2.35. The van der Waals surface area contributed by atoms with Crippen LogP contribution < -0.4 is 0 Å². The maximum atomic E-state index is 12.5. The van der Waals surface area contributed by atoms with Crippen molar-refractivity contribution in [3.63, 3.8) is 0 Å². The van der Waals surface area contributed by atoms with Crippen LogP contribution in [0.2, 0.25) is 0 Å². The van der Waals surface area contributed by atoms with Gasteiger partial charge in [-0.25, -0.2) is 0 Å². The number of methoxy groups -OCH3 is 1. The molecule has 0 N–H and O–H groups in total. The van der Waals surface area contributed by atoms with Crippen LogP contribution in [0.15, 0.2) is 48.5 Å². The molecule has 0 aliphatic heterocycles. The van der Waals surface area contributed by atoms with Gasteiger partial charge in [-0.2, -0.15) is 0 Å². The van der Waals surface area contributed by atoms with Crippen LogP contribution in [0.25, 0.3) is 21.5 Å². The summed E-state index contributed by atoms with van der Waals surface area (Å²) in [6.45, 7) is 1.88. The first-order chi connectivity index (χ1) is 11.6. The highest BCUT2D eigenvalue weighted by Gasteiger charge is 2.38. The molecule has 2 unspecified atom stereocenters. The molecule has 2 atom stereocenters. The minimum Gasteiger partial charge on any atom is -0.468 e. The fourth-order valence-electron chi connectivity index (χ4n) is 3.90. The average molecular weight is 318 g/mol. The highest BCUT2D eigenvalue weighted by molar-refractivity contribution is 6.11. The fourth-order valence-corrected chi connectivity index (χ4v) is 3.90. The lowest BCUT2D eigenvalue weighted by atomic mass is 9.74. The number of carbonyl (C=O) groups is 2. The first kappa shape index (κ1) is 14.9. The average Bonchev–Trinajstić information content (AvgIpc) is 2.63. The van der Waals surface area contributed by atoms with Gasteiger partial charge in [-0.05, 0) is 39.1 Å². The molecule has 120 valence electrons. The van der Waals surface area contributed by atoms with Crippen LogP contribution in [0.3, 0.4) is 0 Å². The molecule has 0 heterocycles. The monoisotopic (exact) mass is 318 g/mol. The Balaban J connectivity index is 1.99. The molecule has 0 saturated carbocycles. The van der Waals surface area contributed by atoms with Gasteiger partial charge in [0, 0.05) is 5.92 Å². The fraction of sp³-hybridized carbons (Fsp3) is 0.238. The normalized spacial score (nSPS) is 20.2. The number of esters is 1. The molecule has 3 heteroatoms. The van der Waals surface area contributed by atoms with Gasteiger partial charge in [-0.15, -0.1) is 0 Å². The minimum atomic E-state index is -0.699. The van der Waals surface area contributed by atoms with Crippen molar-refractivity contribution < 1.29 is 14.3 Å². The van der Waals surface area contributed by atoms with Crippen molar-refractivity contribution in [2.24, 2.45) is 5.92 Å². The highest BCUT2D eigenvalue weighted by Crippen LogP contribution is 2.38. The molecule has 0 saturated heterocycles. The zero-order valence-corrected chi connectivity index (χ0v) is 13.7. The Morgan fingerprint density at radius 1 is 1.00 bits per heavy atom. The molecular formula is C21H18O3. The smallest absolute Gasteiger partial charge is 0.316 e. The summed E-state index contributed by atoms with van der Waals surface area (Å²) in [5.74, 6) is -1.46. The van der Waals surface area contributed by atoms with Crippen LogP contribution in [0.4, 0.5) is 0 Å². The van der Waals surface area contributed by atoms with Gasteiger partial charge in [-0.3, -0.25) is 9.59 Å². The second kappa shape index (κ2) is 5.45. The topological polar surface area (TPSA) is 43.4 Å². The van der Waals surface area contributed by atoms with Crippen molar-refractivity contribution in [1.29, 1.82) is 0 Å². The lowest BCUT2D eigenvalue weighted by molar-refractivity contribution is -0.150. The Morgan fingerprint density at radius 2 is 1.75 bits per heavy atom. The quantitative estimate of drug-likeness (QED) is 0.387. The number of ether oxygens (including phenoxy) is 1. The van der Waals surface area contributed by atoms with Gasteiger partial charge >= 0.3 is 5.97 Å². The summed E-state index contributed by atoms with van der Waals surface area (Å²) < 4.78 is 4.85. The number of benzene rings is 3. The van der Waals surface area contributed by atoms with E-state index in [9.17, 15) is 9.59 Å². The van der Waals surface area contributed by atoms with E-state index >= 15 is 0 Å². The van der Waals surface area contributed by atoms with Gasteiger partial charge in [0.05, 0.1) is 7.11 Å². The molecule has 0 aromatic heterocycles. The van der Waals surface area contributed by atoms with Crippen LogP contribution in [0, 0.1) is 5.92 Å². The van der Waals surface area contributed by atoms with Crippen LogP contribution >= 0.6 is 0 Å². The molecule has 0 radical (unpaired) electrons. The number of carbonyl (C=O) groups excluding carboxylic acids is 2. The number of Topliss-reactive ketones (excluding diaryl/α,β-unsaturated/α-hetero) is 1. The molecule has 0 spiro atoms. The van der Waals surface area contributed by atoms with E-state index in [2.05, 4.69) is 30.3 Å². The van der Waals surface area contributed by atoms with Gasteiger partial charge in [0.2, 0.25) is 0 Å². The molecular weight excluding hydrogens is 300 g/mol. The van der Waals surface area contributed by atoms with Gasteiger partial charge < -0.3 is 4.74 Å². The van der Waals surface area contributed by atoms with E-state index in [-0.39, 0.29) is 11.7 Å². The van der Waals surface area contributed by atoms with Crippen molar-refractivity contribution in [1.82, 2.24) is 0 Å². The first-order valence-corrected chi connectivity index (χ1v) is 8.16. The standard InChI is InChI=1S/C21H18O3/c1-12-14-9-10-16-15-6-4-3-5-13(15)7-8-17(16)18(14)11-19(20(12)22)21(23)24-2/h3-10,12,19H,11H2,1-2H3. The minimum absolute atomic E-state index is 0.0468. The molecule has 3 nitrogen and oxygen atoms in total. The summed E-state index contributed by atoms with van der Waals surface area (Å²) in [7, 11) is 1.34. The summed E-state index contributed by atoms with van der Waals surface area (Å²) in [5.41, 5.74) is 2.13. The van der Waals surface area contributed by atoms with Gasteiger partial charge in [0.15, 0.2) is 5.78 Å². The largest absolute Gasteiger partial charge is 0.468 e. The van der Waals surface area contributed by atoms with Crippen LogP contribution in [0.1, 0.15) is 24.0 Å². The zero-order valence-electron chi connectivity index (χ0n) is 13.7. The third kappa shape index (κ3) is 2.04.